The van der Waals surface area contributed by atoms with E-state index in [9.17, 15) is 0 Å². The number of pyridine rings is 1. The Morgan fingerprint density at radius 2 is 1.60 bits per heavy atom. The van der Waals surface area contributed by atoms with E-state index in [1.807, 2.05) is 6.92 Å². The van der Waals surface area contributed by atoms with Gasteiger partial charge < -0.3 is 0 Å². The molecule has 0 bridgehead atoms. The van der Waals surface area contributed by atoms with E-state index < -0.39 is 0 Å². The highest BCUT2D eigenvalue weighted by atomic mass is 14.8. The summed E-state index contributed by atoms with van der Waals surface area (Å²) in [5.41, 5.74) is 7.30. The minimum Gasteiger partial charge on any atom is -0.250 e. The van der Waals surface area contributed by atoms with Crippen LogP contribution in [0.25, 0.3) is 21.9 Å². The van der Waals surface area contributed by atoms with Crippen LogP contribution in [-0.4, -0.2) is 15.0 Å². The molecule has 0 aliphatic rings. The molecule has 1 aromatic carbocycles. The molecule has 0 unspecified atom stereocenters. The van der Waals surface area contributed by atoms with Crippen LogP contribution in [0.1, 0.15) is 36.5 Å². The predicted octanol–water partition coefficient (Wildman–Crippen LogP) is 3.92. The molecule has 20 heavy (non-hydrogen) atoms. The smallest absolute Gasteiger partial charge is 0.115 e. The highest BCUT2D eigenvalue weighted by Crippen LogP contribution is 2.24. The Kier molecular flexibility index (Phi) is 3.13. The highest BCUT2D eigenvalue weighted by Gasteiger charge is 2.10. The summed E-state index contributed by atoms with van der Waals surface area (Å²) in [4.78, 5) is 14.3. The van der Waals surface area contributed by atoms with E-state index in [1.54, 1.807) is 0 Å². The van der Waals surface area contributed by atoms with Gasteiger partial charge in [-0.15, -0.1) is 0 Å². The van der Waals surface area contributed by atoms with Crippen LogP contribution in [0.5, 0.6) is 0 Å². The van der Waals surface area contributed by atoms with E-state index in [0.29, 0.717) is 0 Å². The van der Waals surface area contributed by atoms with Crippen molar-refractivity contribution in [2.45, 2.75) is 40.5 Å². The number of hydrogen-bond acceptors (Lipinski definition) is 3. The SMILES string of the molecule is CCc1nc2c(ccc3nc(CC)c(C)nc32)cc1C. The van der Waals surface area contributed by atoms with Gasteiger partial charge in [0.2, 0.25) is 0 Å². The zero-order chi connectivity index (χ0) is 14.3. The second-order valence-electron chi connectivity index (χ2n) is 5.22. The van der Waals surface area contributed by atoms with Gasteiger partial charge in [-0.05, 0) is 44.4 Å². The Bertz CT molecular complexity index is 806. The van der Waals surface area contributed by atoms with Crippen molar-refractivity contribution in [1.82, 2.24) is 15.0 Å². The van der Waals surface area contributed by atoms with Crippen LogP contribution in [-0.2, 0) is 12.8 Å². The van der Waals surface area contributed by atoms with Crippen molar-refractivity contribution < 1.29 is 0 Å². The van der Waals surface area contributed by atoms with Crippen molar-refractivity contribution in [1.29, 1.82) is 0 Å². The second kappa shape index (κ2) is 4.82. The van der Waals surface area contributed by atoms with Crippen LogP contribution in [0.4, 0.5) is 0 Å². The summed E-state index contributed by atoms with van der Waals surface area (Å²) in [6.45, 7) is 8.39. The largest absolute Gasteiger partial charge is 0.250 e. The first kappa shape index (κ1) is 13.0. The Labute approximate surface area is 119 Å². The summed E-state index contributed by atoms with van der Waals surface area (Å²) >= 11 is 0. The minimum absolute atomic E-state index is 0.911. The lowest BCUT2D eigenvalue weighted by atomic mass is 10.1. The third-order valence-corrected chi connectivity index (χ3v) is 3.86. The molecule has 0 atom stereocenters. The molecule has 0 saturated carbocycles. The zero-order valence-corrected chi connectivity index (χ0v) is 12.5. The molecular weight excluding hydrogens is 246 g/mol. The lowest BCUT2D eigenvalue weighted by Crippen LogP contribution is -2.00. The minimum atomic E-state index is 0.911. The molecule has 0 aliphatic heterocycles. The van der Waals surface area contributed by atoms with Gasteiger partial charge in [0, 0.05) is 11.1 Å². The Hall–Kier alpha value is -2.03. The average molecular weight is 265 g/mol. The van der Waals surface area contributed by atoms with Gasteiger partial charge in [-0.2, -0.15) is 0 Å². The molecule has 3 rings (SSSR count). The lowest BCUT2D eigenvalue weighted by molar-refractivity contribution is 0.988. The monoisotopic (exact) mass is 265 g/mol. The van der Waals surface area contributed by atoms with Crippen molar-refractivity contribution in [3.05, 3.63) is 40.8 Å². The lowest BCUT2D eigenvalue weighted by Gasteiger charge is -2.09. The molecule has 3 aromatic rings. The summed E-state index contributed by atoms with van der Waals surface area (Å²) < 4.78 is 0. The fourth-order valence-electron chi connectivity index (χ4n) is 2.71. The summed E-state index contributed by atoms with van der Waals surface area (Å²) in [6.07, 6.45) is 1.85. The number of rotatable bonds is 2. The number of aromatic nitrogens is 3. The zero-order valence-electron chi connectivity index (χ0n) is 12.5. The molecule has 102 valence electrons. The topological polar surface area (TPSA) is 38.7 Å². The number of aryl methyl sites for hydroxylation is 4. The van der Waals surface area contributed by atoms with Crippen LogP contribution in [0.15, 0.2) is 18.2 Å². The molecule has 3 nitrogen and oxygen atoms in total. The number of nitrogens with zero attached hydrogens (tertiary/aromatic N) is 3. The van der Waals surface area contributed by atoms with Gasteiger partial charge in [-0.3, -0.25) is 4.98 Å². The third-order valence-electron chi connectivity index (χ3n) is 3.86. The third kappa shape index (κ3) is 1.94. The van der Waals surface area contributed by atoms with Crippen molar-refractivity contribution in [3.63, 3.8) is 0 Å². The molecule has 2 heterocycles. The Balaban J connectivity index is 2.42. The van der Waals surface area contributed by atoms with Gasteiger partial charge in [-0.1, -0.05) is 19.9 Å². The van der Waals surface area contributed by atoms with Crippen LogP contribution >= 0.6 is 0 Å². The van der Waals surface area contributed by atoms with Gasteiger partial charge in [0.05, 0.1) is 22.4 Å². The van der Waals surface area contributed by atoms with E-state index in [4.69, 9.17) is 15.0 Å². The molecule has 2 aromatic heterocycles. The molecule has 0 aliphatic carbocycles. The quantitative estimate of drug-likeness (QED) is 0.659. The van der Waals surface area contributed by atoms with E-state index >= 15 is 0 Å². The van der Waals surface area contributed by atoms with Crippen LogP contribution in [0, 0.1) is 13.8 Å². The number of hydrogen-bond donors (Lipinski definition) is 0. The molecule has 0 amide bonds. The van der Waals surface area contributed by atoms with E-state index in [2.05, 4.69) is 39.0 Å². The normalized spacial score (nSPS) is 11.4. The van der Waals surface area contributed by atoms with Crippen LogP contribution in [0.2, 0.25) is 0 Å². The van der Waals surface area contributed by atoms with Crippen molar-refractivity contribution in [2.75, 3.05) is 0 Å². The molecular formula is C17H19N3. The fraction of sp³-hybridized carbons (Fsp3) is 0.353. The molecule has 0 N–H and O–H groups in total. The maximum atomic E-state index is 4.82. The Morgan fingerprint density at radius 3 is 2.30 bits per heavy atom. The van der Waals surface area contributed by atoms with Crippen molar-refractivity contribution >= 4 is 21.9 Å². The van der Waals surface area contributed by atoms with Crippen LogP contribution < -0.4 is 0 Å². The van der Waals surface area contributed by atoms with Gasteiger partial charge in [0.15, 0.2) is 0 Å². The predicted molar refractivity (Wildman–Crippen MR) is 83.1 cm³/mol. The van der Waals surface area contributed by atoms with Crippen molar-refractivity contribution in [2.24, 2.45) is 0 Å². The van der Waals surface area contributed by atoms with Gasteiger partial charge in [0.25, 0.3) is 0 Å². The van der Waals surface area contributed by atoms with E-state index in [1.165, 1.54) is 5.56 Å². The summed E-state index contributed by atoms with van der Waals surface area (Å²) in [5, 5.41) is 1.14. The van der Waals surface area contributed by atoms with Crippen LogP contribution in [0.3, 0.4) is 0 Å². The van der Waals surface area contributed by atoms with Gasteiger partial charge in [0.1, 0.15) is 5.52 Å². The molecule has 3 heteroatoms. The molecule has 0 radical (unpaired) electrons. The average Bonchev–Trinajstić information content (AvgIpc) is 2.45. The number of benzene rings is 1. The molecule has 0 spiro atoms. The summed E-state index contributed by atoms with van der Waals surface area (Å²) in [7, 11) is 0. The van der Waals surface area contributed by atoms with E-state index in [0.717, 1.165) is 51.9 Å². The summed E-state index contributed by atoms with van der Waals surface area (Å²) in [5.74, 6) is 0. The molecule has 0 fully saturated rings. The number of fused-ring (bicyclic) bond motifs is 3. The Morgan fingerprint density at radius 1 is 0.850 bits per heavy atom. The van der Waals surface area contributed by atoms with Gasteiger partial charge in [-0.25, -0.2) is 9.97 Å². The fourth-order valence-corrected chi connectivity index (χ4v) is 2.71. The van der Waals surface area contributed by atoms with E-state index in [-0.39, 0.29) is 0 Å². The first-order valence-electron chi connectivity index (χ1n) is 7.20. The standard InChI is InChI=1S/C17H19N3/c1-5-13-10(3)9-12-7-8-15-17(16(12)20-13)18-11(4)14(6-2)19-15/h7-9H,5-6H2,1-4H3. The second-order valence-corrected chi connectivity index (χ2v) is 5.22. The first-order chi connectivity index (χ1) is 9.63. The van der Waals surface area contributed by atoms with Crippen molar-refractivity contribution in [3.8, 4) is 0 Å². The maximum Gasteiger partial charge on any atom is 0.115 e. The first-order valence-corrected chi connectivity index (χ1v) is 7.20. The van der Waals surface area contributed by atoms with Gasteiger partial charge >= 0.3 is 0 Å². The maximum absolute atomic E-state index is 4.82. The molecule has 0 saturated heterocycles. The summed E-state index contributed by atoms with van der Waals surface area (Å²) in [6, 6.07) is 6.35. The highest BCUT2D eigenvalue weighted by molar-refractivity contribution is 6.01.